The highest BCUT2D eigenvalue weighted by atomic mass is 127. The summed E-state index contributed by atoms with van der Waals surface area (Å²) in [6.45, 7) is 9.04. The van der Waals surface area contributed by atoms with Crippen LogP contribution in [0.1, 0.15) is 34.1 Å². The predicted octanol–water partition coefficient (Wildman–Crippen LogP) is 2.85. The third-order valence-electron chi connectivity index (χ3n) is 4.29. The van der Waals surface area contributed by atoms with Crippen molar-refractivity contribution in [3.63, 3.8) is 0 Å². The Kier molecular flexibility index (Phi) is 2.80. The number of aliphatic hydroxyl groups is 1. The minimum absolute atomic E-state index is 0.104. The lowest BCUT2D eigenvalue weighted by Crippen LogP contribution is -2.40. The first-order chi connectivity index (χ1) is 5.36. The first-order valence-electron chi connectivity index (χ1n) is 4.60. The third-order valence-corrected chi connectivity index (χ3v) is 5.88. The van der Waals surface area contributed by atoms with Crippen LogP contribution in [-0.4, -0.2) is 15.6 Å². The van der Waals surface area contributed by atoms with E-state index in [9.17, 15) is 5.11 Å². The van der Waals surface area contributed by atoms with E-state index in [1.807, 2.05) is 0 Å². The zero-order valence-corrected chi connectivity index (χ0v) is 10.6. The fourth-order valence-corrected chi connectivity index (χ4v) is 3.63. The van der Waals surface area contributed by atoms with Crippen molar-refractivity contribution in [3.8, 4) is 0 Å². The van der Waals surface area contributed by atoms with Crippen LogP contribution < -0.4 is 0 Å². The van der Waals surface area contributed by atoms with Gasteiger partial charge < -0.3 is 5.11 Å². The van der Waals surface area contributed by atoms with Gasteiger partial charge in [0.25, 0.3) is 0 Å². The Morgan fingerprint density at radius 1 is 1.42 bits per heavy atom. The highest BCUT2D eigenvalue weighted by molar-refractivity contribution is 14.1. The van der Waals surface area contributed by atoms with Gasteiger partial charge in [0, 0.05) is 9.84 Å². The van der Waals surface area contributed by atoms with E-state index in [0.29, 0.717) is 5.92 Å². The minimum atomic E-state index is -0.112. The molecule has 1 nitrogen and oxygen atoms in total. The summed E-state index contributed by atoms with van der Waals surface area (Å²) in [5, 5.41) is 9.95. The maximum absolute atomic E-state index is 9.95. The second-order valence-corrected chi connectivity index (χ2v) is 5.69. The zero-order chi connectivity index (χ0) is 9.57. The summed E-state index contributed by atoms with van der Waals surface area (Å²) in [6, 6.07) is 0. The molecule has 1 saturated carbocycles. The van der Waals surface area contributed by atoms with Crippen LogP contribution in [0.15, 0.2) is 0 Å². The molecule has 1 aliphatic carbocycles. The Hall–Kier alpha value is 0.690. The molecule has 0 bridgehead atoms. The van der Waals surface area contributed by atoms with Crippen molar-refractivity contribution in [2.45, 2.75) is 40.2 Å². The largest absolute Gasteiger partial charge is 0.393 e. The lowest BCUT2D eigenvalue weighted by molar-refractivity contribution is 0.0216. The summed E-state index contributed by atoms with van der Waals surface area (Å²) in [5.74, 6) is 0.632. The second kappa shape index (κ2) is 3.12. The highest BCUT2D eigenvalue weighted by Gasteiger charge is 2.54. The van der Waals surface area contributed by atoms with Crippen molar-refractivity contribution >= 4 is 22.6 Å². The van der Waals surface area contributed by atoms with Crippen LogP contribution >= 0.6 is 22.6 Å². The quantitative estimate of drug-likeness (QED) is 0.579. The molecule has 0 aromatic heterocycles. The number of hydrogen-bond acceptors (Lipinski definition) is 1. The summed E-state index contributed by atoms with van der Waals surface area (Å²) in [5.41, 5.74) is 0.376. The van der Waals surface area contributed by atoms with Crippen molar-refractivity contribution in [3.05, 3.63) is 0 Å². The SMILES string of the molecule is CC1CC(O)C(C)(CI)C1(C)C. The van der Waals surface area contributed by atoms with Gasteiger partial charge in [0.05, 0.1) is 6.10 Å². The Bertz CT molecular complexity index is 179. The molecule has 0 radical (unpaired) electrons. The standard InChI is InChI=1S/C10H19IO/c1-7-5-8(12)10(4,6-11)9(7,2)3/h7-8,12H,5-6H2,1-4H3. The molecule has 2 heteroatoms. The Labute approximate surface area is 89.1 Å². The molecule has 3 atom stereocenters. The second-order valence-electron chi connectivity index (χ2n) is 4.93. The molecule has 1 rings (SSSR count). The van der Waals surface area contributed by atoms with Gasteiger partial charge in [-0.15, -0.1) is 0 Å². The van der Waals surface area contributed by atoms with Gasteiger partial charge in [-0.05, 0) is 17.8 Å². The molecule has 0 heterocycles. The van der Waals surface area contributed by atoms with Crippen LogP contribution in [0, 0.1) is 16.7 Å². The summed E-state index contributed by atoms with van der Waals surface area (Å²) in [6.07, 6.45) is 0.853. The molecule has 72 valence electrons. The first-order valence-corrected chi connectivity index (χ1v) is 6.13. The van der Waals surface area contributed by atoms with Crippen molar-refractivity contribution in [2.24, 2.45) is 16.7 Å². The van der Waals surface area contributed by atoms with Crippen molar-refractivity contribution in [1.29, 1.82) is 0 Å². The first kappa shape index (κ1) is 10.8. The fourth-order valence-electron chi connectivity index (χ4n) is 2.14. The van der Waals surface area contributed by atoms with E-state index >= 15 is 0 Å². The van der Waals surface area contributed by atoms with Gasteiger partial charge in [-0.3, -0.25) is 0 Å². The molecule has 0 aromatic rings. The molecule has 0 aliphatic heterocycles. The molecule has 3 unspecified atom stereocenters. The molecule has 0 spiro atoms. The molecular weight excluding hydrogens is 263 g/mol. The van der Waals surface area contributed by atoms with E-state index in [-0.39, 0.29) is 16.9 Å². The summed E-state index contributed by atoms with van der Waals surface area (Å²) < 4.78 is 1.04. The topological polar surface area (TPSA) is 20.2 Å². The lowest BCUT2D eigenvalue weighted by Gasteiger charge is -2.41. The summed E-state index contributed by atoms with van der Waals surface area (Å²) in [7, 11) is 0. The molecule has 1 aliphatic rings. The van der Waals surface area contributed by atoms with Crippen molar-refractivity contribution in [2.75, 3.05) is 4.43 Å². The zero-order valence-electron chi connectivity index (χ0n) is 8.39. The maximum Gasteiger partial charge on any atom is 0.0609 e. The maximum atomic E-state index is 9.95. The molecule has 0 saturated heterocycles. The Morgan fingerprint density at radius 2 is 1.92 bits per heavy atom. The van der Waals surface area contributed by atoms with Gasteiger partial charge in [-0.2, -0.15) is 0 Å². The van der Waals surface area contributed by atoms with Crippen molar-refractivity contribution < 1.29 is 5.11 Å². The van der Waals surface area contributed by atoms with Crippen LogP contribution in [0.5, 0.6) is 0 Å². The summed E-state index contributed by atoms with van der Waals surface area (Å²) >= 11 is 2.40. The van der Waals surface area contributed by atoms with E-state index in [2.05, 4.69) is 50.3 Å². The molecule has 0 aromatic carbocycles. The lowest BCUT2D eigenvalue weighted by atomic mass is 9.67. The number of hydrogen-bond donors (Lipinski definition) is 1. The molecule has 0 amide bonds. The molecule has 12 heavy (non-hydrogen) atoms. The predicted molar refractivity (Wildman–Crippen MR) is 60.6 cm³/mol. The van der Waals surface area contributed by atoms with Crippen LogP contribution in [0.3, 0.4) is 0 Å². The Morgan fingerprint density at radius 3 is 2.08 bits per heavy atom. The third kappa shape index (κ3) is 1.22. The number of rotatable bonds is 1. The average Bonchev–Trinajstić information content (AvgIpc) is 2.14. The van der Waals surface area contributed by atoms with E-state index in [4.69, 9.17) is 0 Å². The van der Waals surface area contributed by atoms with Gasteiger partial charge in [-0.1, -0.05) is 50.3 Å². The fraction of sp³-hybridized carbons (Fsp3) is 1.00. The van der Waals surface area contributed by atoms with Crippen LogP contribution in [0.2, 0.25) is 0 Å². The van der Waals surface area contributed by atoms with Crippen LogP contribution in [-0.2, 0) is 0 Å². The van der Waals surface area contributed by atoms with Gasteiger partial charge >= 0.3 is 0 Å². The highest BCUT2D eigenvalue weighted by Crippen LogP contribution is 2.56. The normalized spacial score (nSPS) is 46.5. The number of aliphatic hydroxyl groups excluding tert-OH is 1. The van der Waals surface area contributed by atoms with E-state index in [1.54, 1.807) is 0 Å². The molecular formula is C10H19IO. The number of halogens is 1. The number of alkyl halides is 1. The summed E-state index contributed by atoms with van der Waals surface area (Å²) in [4.78, 5) is 0. The van der Waals surface area contributed by atoms with E-state index < -0.39 is 0 Å². The minimum Gasteiger partial charge on any atom is -0.393 e. The monoisotopic (exact) mass is 282 g/mol. The Balaban J connectivity index is 2.98. The molecule has 1 N–H and O–H groups in total. The van der Waals surface area contributed by atoms with E-state index in [1.165, 1.54) is 0 Å². The van der Waals surface area contributed by atoms with Crippen LogP contribution in [0.4, 0.5) is 0 Å². The van der Waals surface area contributed by atoms with Crippen LogP contribution in [0.25, 0.3) is 0 Å². The molecule has 1 fully saturated rings. The van der Waals surface area contributed by atoms with Gasteiger partial charge in [0.1, 0.15) is 0 Å². The van der Waals surface area contributed by atoms with Gasteiger partial charge in [0.2, 0.25) is 0 Å². The van der Waals surface area contributed by atoms with E-state index in [0.717, 1.165) is 10.8 Å². The van der Waals surface area contributed by atoms with Crippen molar-refractivity contribution in [1.82, 2.24) is 0 Å². The smallest absolute Gasteiger partial charge is 0.0609 e. The van der Waals surface area contributed by atoms with Gasteiger partial charge in [0.15, 0.2) is 0 Å². The van der Waals surface area contributed by atoms with Gasteiger partial charge in [-0.25, -0.2) is 0 Å². The average molecular weight is 282 g/mol.